The molecule has 2 heterocycles. The number of carbonyl (C=O) groups excluding carboxylic acids is 3. The molecule has 2 aliphatic heterocycles. The summed E-state index contributed by atoms with van der Waals surface area (Å²) in [6.07, 6.45) is -0.881. The quantitative estimate of drug-likeness (QED) is 0.323. The van der Waals surface area contributed by atoms with Gasteiger partial charge in [-0.1, -0.05) is 17.7 Å². The maximum absolute atomic E-state index is 13.2. The Morgan fingerprint density at radius 1 is 1.32 bits per heavy atom. The molecule has 34 heavy (non-hydrogen) atoms. The summed E-state index contributed by atoms with van der Waals surface area (Å²) >= 11 is 13.1. The average molecular weight is 532 g/mol. The van der Waals surface area contributed by atoms with Gasteiger partial charge in [-0.2, -0.15) is 0 Å². The van der Waals surface area contributed by atoms with Crippen LogP contribution < -0.4 is 10.6 Å². The smallest absolute Gasteiger partial charge is 0.408 e. The van der Waals surface area contributed by atoms with E-state index in [1.165, 1.54) is 30.0 Å². The molecule has 0 aromatic heterocycles. The predicted octanol–water partition coefficient (Wildman–Crippen LogP) is 2.59. The minimum atomic E-state index is -1.31. The molecule has 10 nitrogen and oxygen atoms in total. The highest BCUT2D eigenvalue weighted by atomic mass is 35.5. The number of phenols is 1. The molecule has 3 rings (SSSR count). The molecule has 1 fully saturated rings. The highest BCUT2D eigenvalue weighted by Crippen LogP contribution is 2.40. The van der Waals surface area contributed by atoms with Crippen molar-refractivity contribution in [3.8, 4) is 5.75 Å². The zero-order chi connectivity index (χ0) is 25.4. The maximum Gasteiger partial charge on any atom is 0.408 e. The molecular weight excluding hydrogens is 509 g/mol. The van der Waals surface area contributed by atoms with Gasteiger partial charge in [0.1, 0.15) is 34.5 Å². The van der Waals surface area contributed by atoms with Crippen molar-refractivity contribution in [3.05, 3.63) is 40.1 Å². The standard InChI is InChI=1S/C21H23Cl2N3O7S/c1-21(2,3)33-20(32)25-13(9-4-5-12(27)11(23)6-9)16(28)24-14-17(29)26-15(19(30)31)10(7-22)8-34-18(14)26/h4-6,13-14,18,27H,7-8H2,1-3H3,(H,24,28)(H,25,32)(H,30,31)/t13?,14-,18-/m1/s1. The Balaban J connectivity index is 1.83. The minimum Gasteiger partial charge on any atom is -0.506 e. The molecule has 4 N–H and O–H groups in total. The third-order valence-corrected chi connectivity index (χ3v) is 6.90. The number of benzene rings is 1. The van der Waals surface area contributed by atoms with Crippen LogP contribution in [0.3, 0.4) is 0 Å². The summed E-state index contributed by atoms with van der Waals surface area (Å²) in [5, 5.41) is 23.6. The number of ether oxygens (including phenoxy) is 1. The molecule has 3 atom stereocenters. The summed E-state index contributed by atoms with van der Waals surface area (Å²) in [5.74, 6) is -2.58. The number of hydrogen-bond donors (Lipinski definition) is 4. The number of nitrogens with one attached hydrogen (secondary N) is 2. The fourth-order valence-electron chi connectivity index (χ4n) is 3.45. The second kappa shape index (κ2) is 9.93. The number of thioether (sulfide) groups is 1. The van der Waals surface area contributed by atoms with Crippen LogP contribution in [0.1, 0.15) is 32.4 Å². The number of fused-ring (bicyclic) bond motifs is 1. The van der Waals surface area contributed by atoms with E-state index in [1.54, 1.807) is 20.8 Å². The molecule has 3 amide bonds. The second-order valence-electron chi connectivity index (χ2n) is 8.58. The number of carboxylic acids is 1. The van der Waals surface area contributed by atoms with Gasteiger partial charge in [0, 0.05) is 11.6 Å². The lowest BCUT2D eigenvalue weighted by molar-refractivity contribution is -0.151. The summed E-state index contributed by atoms with van der Waals surface area (Å²) < 4.78 is 5.24. The van der Waals surface area contributed by atoms with Crippen molar-refractivity contribution in [3.63, 3.8) is 0 Å². The number of rotatable bonds is 6. The van der Waals surface area contributed by atoms with Crippen LogP contribution in [0.25, 0.3) is 0 Å². The number of alkyl carbamates (subject to hydrolysis) is 1. The van der Waals surface area contributed by atoms with Gasteiger partial charge < -0.3 is 25.6 Å². The molecule has 0 spiro atoms. The molecule has 184 valence electrons. The van der Waals surface area contributed by atoms with E-state index in [9.17, 15) is 29.4 Å². The van der Waals surface area contributed by atoms with Gasteiger partial charge in [-0.05, 0) is 44.0 Å². The summed E-state index contributed by atoms with van der Waals surface area (Å²) in [5.41, 5.74) is -0.359. The summed E-state index contributed by atoms with van der Waals surface area (Å²) in [6.45, 7) is 4.97. The molecule has 1 saturated heterocycles. The van der Waals surface area contributed by atoms with E-state index >= 15 is 0 Å². The van der Waals surface area contributed by atoms with Gasteiger partial charge in [0.05, 0.1) is 5.02 Å². The van der Waals surface area contributed by atoms with E-state index in [0.29, 0.717) is 11.3 Å². The Kier molecular flexibility index (Phi) is 7.59. The third kappa shape index (κ3) is 5.37. The molecule has 2 aliphatic rings. The van der Waals surface area contributed by atoms with Gasteiger partial charge in [-0.3, -0.25) is 14.5 Å². The van der Waals surface area contributed by atoms with Crippen molar-refractivity contribution in [1.29, 1.82) is 0 Å². The molecule has 0 bridgehead atoms. The average Bonchev–Trinajstić information content (AvgIpc) is 2.75. The van der Waals surface area contributed by atoms with E-state index in [-0.39, 0.29) is 27.9 Å². The number of alkyl halides is 1. The number of amides is 3. The number of hydrogen-bond acceptors (Lipinski definition) is 7. The van der Waals surface area contributed by atoms with Gasteiger partial charge >= 0.3 is 12.1 Å². The molecule has 0 saturated carbocycles. The van der Waals surface area contributed by atoms with Crippen LogP contribution in [0, 0.1) is 0 Å². The number of carboxylic acid groups (broad SMARTS) is 1. The lowest BCUT2D eigenvalue weighted by atomic mass is 10.0. The van der Waals surface area contributed by atoms with Crippen molar-refractivity contribution < 1.29 is 34.1 Å². The first kappa shape index (κ1) is 26.0. The first-order chi connectivity index (χ1) is 15.8. The SMILES string of the molecule is CC(C)(C)OC(=O)NC(C(=O)N[C@@H]1C(=O)N2C(C(=O)O)=C(CCl)CS[C@H]12)c1ccc(O)c(Cl)c1. The van der Waals surface area contributed by atoms with Gasteiger partial charge in [0.2, 0.25) is 5.91 Å². The minimum absolute atomic E-state index is 0.0361. The number of β-lactam (4-membered cyclic amide) rings is 1. The predicted molar refractivity (Wildman–Crippen MR) is 126 cm³/mol. The van der Waals surface area contributed by atoms with Gasteiger partial charge in [0.15, 0.2) is 0 Å². The second-order valence-corrected chi connectivity index (χ2v) is 10.4. The summed E-state index contributed by atoms with van der Waals surface area (Å²) in [7, 11) is 0. The van der Waals surface area contributed by atoms with Crippen molar-refractivity contribution in [2.24, 2.45) is 0 Å². The van der Waals surface area contributed by atoms with Gasteiger partial charge in [-0.15, -0.1) is 23.4 Å². The molecule has 1 aromatic rings. The fourth-order valence-corrected chi connectivity index (χ4v) is 5.32. The molecule has 1 aromatic carbocycles. The van der Waals surface area contributed by atoms with Crippen LogP contribution >= 0.6 is 35.0 Å². The van der Waals surface area contributed by atoms with Crippen LogP contribution in [0.2, 0.25) is 5.02 Å². The zero-order valence-corrected chi connectivity index (χ0v) is 20.8. The number of halogens is 2. The first-order valence-corrected chi connectivity index (χ1v) is 12.0. The summed E-state index contributed by atoms with van der Waals surface area (Å²) in [4.78, 5) is 51.1. The third-order valence-electron chi connectivity index (χ3n) is 4.94. The molecule has 0 aliphatic carbocycles. The van der Waals surface area contributed by atoms with E-state index in [4.69, 9.17) is 27.9 Å². The van der Waals surface area contributed by atoms with E-state index in [0.717, 1.165) is 4.90 Å². The number of carbonyl (C=O) groups is 4. The molecule has 1 unspecified atom stereocenters. The number of phenolic OH excluding ortho intramolecular Hbond substituents is 1. The van der Waals surface area contributed by atoms with Crippen molar-refractivity contribution in [1.82, 2.24) is 15.5 Å². The number of aliphatic carboxylic acids is 1. The van der Waals surface area contributed by atoms with Crippen LogP contribution in [-0.2, 0) is 19.1 Å². The van der Waals surface area contributed by atoms with Crippen molar-refractivity contribution >= 4 is 58.8 Å². The normalized spacial score (nSPS) is 20.7. The number of aromatic hydroxyl groups is 1. The Labute approximate surface area is 209 Å². The van der Waals surface area contributed by atoms with Gasteiger partial charge in [-0.25, -0.2) is 9.59 Å². The lowest BCUT2D eigenvalue weighted by Crippen LogP contribution is -2.71. The van der Waals surface area contributed by atoms with Gasteiger partial charge in [0.25, 0.3) is 5.91 Å². The largest absolute Gasteiger partial charge is 0.506 e. The van der Waals surface area contributed by atoms with E-state index < -0.39 is 46.9 Å². The molecular formula is C21H23Cl2N3O7S. The van der Waals surface area contributed by atoms with Crippen LogP contribution in [-0.4, -0.2) is 67.6 Å². The zero-order valence-electron chi connectivity index (χ0n) is 18.4. The topological polar surface area (TPSA) is 145 Å². The summed E-state index contributed by atoms with van der Waals surface area (Å²) in [6, 6.07) is 1.64. The van der Waals surface area contributed by atoms with E-state index in [2.05, 4.69) is 10.6 Å². The van der Waals surface area contributed by atoms with E-state index in [1.807, 2.05) is 0 Å². The molecule has 13 heteroatoms. The van der Waals surface area contributed by atoms with Crippen LogP contribution in [0.15, 0.2) is 29.5 Å². The maximum atomic E-state index is 13.2. The highest BCUT2D eigenvalue weighted by Gasteiger charge is 2.54. The van der Waals surface area contributed by atoms with Crippen molar-refractivity contribution in [2.45, 2.75) is 43.8 Å². The Morgan fingerprint density at radius 2 is 2.00 bits per heavy atom. The highest BCUT2D eigenvalue weighted by molar-refractivity contribution is 8.00. The Bertz CT molecular complexity index is 1070. The lowest BCUT2D eigenvalue weighted by Gasteiger charge is -2.49. The fraction of sp³-hybridized carbons (Fsp3) is 0.429. The van der Waals surface area contributed by atoms with Crippen LogP contribution in [0.5, 0.6) is 5.75 Å². The Morgan fingerprint density at radius 3 is 2.56 bits per heavy atom. The van der Waals surface area contributed by atoms with Crippen molar-refractivity contribution in [2.75, 3.05) is 11.6 Å². The first-order valence-electron chi connectivity index (χ1n) is 10.1. The number of nitrogens with zero attached hydrogens (tertiary/aromatic N) is 1. The Hall–Kier alpha value is -2.63. The van der Waals surface area contributed by atoms with Crippen LogP contribution in [0.4, 0.5) is 4.79 Å². The molecule has 0 radical (unpaired) electrons. The monoisotopic (exact) mass is 531 g/mol.